The maximum absolute atomic E-state index is 12.6. The van der Waals surface area contributed by atoms with Gasteiger partial charge in [0.1, 0.15) is 5.82 Å². The van der Waals surface area contributed by atoms with Crippen molar-refractivity contribution >= 4 is 34.7 Å². The van der Waals surface area contributed by atoms with Crippen molar-refractivity contribution in [3.05, 3.63) is 95.3 Å². The van der Waals surface area contributed by atoms with Gasteiger partial charge in [0.05, 0.1) is 0 Å². The van der Waals surface area contributed by atoms with E-state index in [1.54, 1.807) is 0 Å². The molecule has 4 rings (SSSR count). The lowest BCUT2D eigenvalue weighted by Gasteiger charge is -2.10. The van der Waals surface area contributed by atoms with E-state index in [0.717, 1.165) is 34.6 Å². The van der Waals surface area contributed by atoms with E-state index >= 15 is 0 Å². The van der Waals surface area contributed by atoms with Crippen LogP contribution in [0.4, 0.5) is 29.0 Å². The summed E-state index contributed by atoms with van der Waals surface area (Å²) in [6.07, 6.45) is 1.32. The Morgan fingerprint density at radius 1 is 0.765 bits per heavy atom. The molecule has 0 spiro atoms. The van der Waals surface area contributed by atoms with Crippen molar-refractivity contribution in [2.45, 2.75) is 26.7 Å². The van der Waals surface area contributed by atoms with Gasteiger partial charge in [-0.3, -0.25) is 4.79 Å². The van der Waals surface area contributed by atoms with E-state index in [9.17, 15) is 4.79 Å². The number of aromatic nitrogens is 3. The number of Topliss-reactive ketones (excluding diaryl/α,β-unsaturated/α-hetero) is 1. The van der Waals surface area contributed by atoms with Gasteiger partial charge in [-0.2, -0.15) is 15.0 Å². The van der Waals surface area contributed by atoms with Gasteiger partial charge in [-0.05, 0) is 54.8 Å². The fourth-order valence-electron chi connectivity index (χ4n) is 3.52. The summed E-state index contributed by atoms with van der Waals surface area (Å²) in [5, 5.41) is 9.55. The maximum atomic E-state index is 12.6. The molecule has 1 aromatic heterocycles. The monoisotopic (exact) mass is 452 g/mol. The molecule has 0 atom stereocenters. The Morgan fingerprint density at radius 3 is 2.03 bits per heavy atom. The van der Waals surface area contributed by atoms with E-state index in [0.29, 0.717) is 24.1 Å². The Labute approximate surface area is 199 Å². The molecule has 0 fully saturated rings. The standard InChI is InChI=1S/C27H28N6O/c1-4-19-8-12-21(13-9-19)25(34)16-20-10-14-22(15-11-20)31-26-29-18(2)30-27(33-26)32-24-7-5-6-23(17-24)28-3/h5-15,17,28H,4,16H2,1-3H3,(H2,29,30,31,32,33). The van der Waals surface area contributed by atoms with Crippen molar-refractivity contribution in [1.82, 2.24) is 15.0 Å². The Bertz CT molecular complexity index is 1270. The molecule has 3 aromatic carbocycles. The zero-order valence-electron chi connectivity index (χ0n) is 19.6. The van der Waals surface area contributed by atoms with Gasteiger partial charge in [0.25, 0.3) is 0 Å². The van der Waals surface area contributed by atoms with Crippen LogP contribution in [0.1, 0.15) is 34.2 Å². The number of anilines is 5. The summed E-state index contributed by atoms with van der Waals surface area (Å²) >= 11 is 0. The van der Waals surface area contributed by atoms with Crippen LogP contribution in [0.2, 0.25) is 0 Å². The first kappa shape index (κ1) is 22.9. The van der Waals surface area contributed by atoms with Gasteiger partial charge in [0, 0.05) is 36.1 Å². The van der Waals surface area contributed by atoms with E-state index in [1.807, 2.05) is 86.8 Å². The summed E-state index contributed by atoms with van der Waals surface area (Å²) in [5.74, 6) is 1.61. The van der Waals surface area contributed by atoms with E-state index in [-0.39, 0.29) is 5.78 Å². The smallest absolute Gasteiger partial charge is 0.232 e. The topological polar surface area (TPSA) is 91.8 Å². The molecule has 0 aliphatic heterocycles. The zero-order valence-corrected chi connectivity index (χ0v) is 19.6. The lowest BCUT2D eigenvalue weighted by molar-refractivity contribution is 0.0993. The maximum Gasteiger partial charge on any atom is 0.232 e. The van der Waals surface area contributed by atoms with E-state index < -0.39 is 0 Å². The largest absolute Gasteiger partial charge is 0.388 e. The molecule has 4 aromatic rings. The number of rotatable bonds is 9. The number of ketones is 1. The molecule has 172 valence electrons. The molecule has 1 heterocycles. The quantitative estimate of drug-likeness (QED) is 0.281. The van der Waals surface area contributed by atoms with E-state index in [2.05, 4.69) is 37.8 Å². The minimum atomic E-state index is 0.106. The summed E-state index contributed by atoms with van der Waals surface area (Å²) in [6.45, 7) is 3.93. The molecular weight excluding hydrogens is 424 g/mol. The fraction of sp³-hybridized carbons (Fsp3) is 0.185. The Morgan fingerprint density at radius 2 is 1.38 bits per heavy atom. The molecule has 0 aliphatic carbocycles. The number of carbonyl (C=O) groups is 1. The molecule has 34 heavy (non-hydrogen) atoms. The summed E-state index contributed by atoms with van der Waals surface area (Å²) in [6, 6.07) is 23.4. The average Bonchev–Trinajstić information content (AvgIpc) is 2.85. The molecule has 0 amide bonds. The van der Waals surface area contributed by atoms with Crippen molar-refractivity contribution in [1.29, 1.82) is 0 Å². The van der Waals surface area contributed by atoms with Crippen molar-refractivity contribution in [2.24, 2.45) is 0 Å². The summed E-state index contributed by atoms with van der Waals surface area (Å²) < 4.78 is 0. The highest BCUT2D eigenvalue weighted by Gasteiger charge is 2.09. The first-order chi connectivity index (χ1) is 16.5. The summed E-state index contributed by atoms with van der Waals surface area (Å²) in [4.78, 5) is 25.9. The fourth-order valence-corrected chi connectivity index (χ4v) is 3.52. The lowest BCUT2D eigenvalue weighted by atomic mass is 10.0. The van der Waals surface area contributed by atoms with Crippen LogP contribution in [0.15, 0.2) is 72.8 Å². The van der Waals surface area contributed by atoms with Gasteiger partial charge in [-0.25, -0.2) is 0 Å². The highest BCUT2D eigenvalue weighted by molar-refractivity contribution is 5.97. The molecule has 0 bridgehead atoms. The molecule has 0 saturated carbocycles. The van der Waals surface area contributed by atoms with Crippen LogP contribution in [-0.2, 0) is 12.8 Å². The Kier molecular flexibility index (Phi) is 7.13. The molecule has 0 radical (unpaired) electrons. The van der Waals surface area contributed by atoms with Crippen LogP contribution in [0.3, 0.4) is 0 Å². The number of benzene rings is 3. The minimum Gasteiger partial charge on any atom is -0.388 e. The number of aryl methyl sites for hydroxylation is 2. The number of hydrogen-bond acceptors (Lipinski definition) is 7. The summed E-state index contributed by atoms with van der Waals surface area (Å²) in [5.41, 5.74) is 5.61. The predicted molar refractivity (Wildman–Crippen MR) is 137 cm³/mol. The van der Waals surface area contributed by atoms with Gasteiger partial charge in [-0.1, -0.05) is 49.4 Å². The van der Waals surface area contributed by atoms with Crippen molar-refractivity contribution in [3.63, 3.8) is 0 Å². The second-order valence-corrected chi connectivity index (χ2v) is 7.96. The molecule has 0 saturated heterocycles. The molecule has 3 N–H and O–H groups in total. The van der Waals surface area contributed by atoms with Gasteiger partial charge < -0.3 is 16.0 Å². The van der Waals surface area contributed by atoms with Crippen LogP contribution in [0, 0.1) is 6.92 Å². The van der Waals surface area contributed by atoms with Gasteiger partial charge in [0.15, 0.2) is 5.78 Å². The van der Waals surface area contributed by atoms with Crippen LogP contribution >= 0.6 is 0 Å². The summed E-state index contributed by atoms with van der Waals surface area (Å²) in [7, 11) is 1.87. The molecular formula is C27H28N6O. The number of nitrogens with zero attached hydrogens (tertiary/aromatic N) is 3. The first-order valence-electron chi connectivity index (χ1n) is 11.3. The average molecular weight is 453 g/mol. The van der Waals surface area contributed by atoms with Crippen LogP contribution in [-0.4, -0.2) is 27.8 Å². The second-order valence-electron chi connectivity index (χ2n) is 7.96. The Hall–Kier alpha value is -4.26. The van der Waals surface area contributed by atoms with Gasteiger partial charge in [-0.15, -0.1) is 0 Å². The third-order valence-electron chi connectivity index (χ3n) is 5.41. The molecule has 7 nitrogen and oxygen atoms in total. The van der Waals surface area contributed by atoms with Crippen LogP contribution in [0.25, 0.3) is 0 Å². The van der Waals surface area contributed by atoms with Crippen LogP contribution in [0.5, 0.6) is 0 Å². The van der Waals surface area contributed by atoms with Gasteiger partial charge in [0.2, 0.25) is 11.9 Å². The second kappa shape index (κ2) is 10.6. The number of hydrogen-bond donors (Lipinski definition) is 3. The van der Waals surface area contributed by atoms with Crippen LogP contribution < -0.4 is 16.0 Å². The highest BCUT2D eigenvalue weighted by Crippen LogP contribution is 2.20. The number of nitrogens with one attached hydrogen (secondary N) is 3. The van der Waals surface area contributed by atoms with E-state index in [1.165, 1.54) is 5.56 Å². The third kappa shape index (κ3) is 5.95. The first-order valence-corrected chi connectivity index (χ1v) is 11.3. The lowest BCUT2D eigenvalue weighted by Crippen LogP contribution is -2.06. The molecule has 0 aliphatic rings. The number of carbonyl (C=O) groups excluding carboxylic acids is 1. The SMILES string of the molecule is CCc1ccc(C(=O)Cc2ccc(Nc3nc(C)nc(Nc4cccc(NC)c4)n3)cc2)cc1. The third-order valence-corrected chi connectivity index (χ3v) is 5.41. The Balaban J connectivity index is 1.42. The zero-order chi connectivity index (χ0) is 23.9. The minimum absolute atomic E-state index is 0.106. The molecule has 0 unspecified atom stereocenters. The van der Waals surface area contributed by atoms with Crippen molar-refractivity contribution < 1.29 is 4.79 Å². The molecule has 7 heteroatoms. The predicted octanol–water partition coefficient (Wildman–Crippen LogP) is 5.70. The highest BCUT2D eigenvalue weighted by atomic mass is 16.1. The van der Waals surface area contributed by atoms with Crippen molar-refractivity contribution in [2.75, 3.05) is 23.0 Å². The normalized spacial score (nSPS) is 10.6. The van der Waals surface area contributed by atoms with Gasteiger partial charge >= 0.3 is 0 Å². The van der Waals surface area contributed by atoms with Crippen molar-refractivity contribution in [3.8, 4) is 0 Å². The van der Waals surface area contributed by atoms with E-state index in [4.69, 9.17) is 0 Å².